The maximum atomic E-state index is 11.4. The van der Waals surface area contributed by atoms with Crippen molar-refractivity contribution in [2.24, 2.45) is 0 Å². The zero-order valence-electron chi connectivity index (χ0n) is 9.66. The number of anilines is 1. The Morgan fingerprint density at radius 3 is 3.00 bits per heavy atom. The van der Waals surface area contributed by atoms with E-state index in [4.69, 9.17) is 0 Å². The average molecular weight is 216 g/mol. The van der Waals surface area contributed by atoms with Crippen molar-refractivity contribution in [2.45, 2.75) is 6.42 Å². The van der Waals surface area contributed by atoms with Crippen molar-refractivity contribution >= 4 is 17.7 Å². The number of carbonyl (C=O) groups excluding carboxylic acids is 1. The second-order valence-corrected chi connectivity index (χ2v) is 4.16. The van der Waals surface area contributed by atoms with Gasteiger partial charge in [-0.25, -0.2) is 0 Å². The first-order valence-corrected chi connectivity index (χ1v) is 5.43. The molecule has 0 saturated carbocycles. The Balaban J connectivity index is 2.14. The Morgan fingerprint density at radius 2 is 2.25 bits per heavy atom. The number of hydrogen-bond donors (Lipinski definition) is 1. The lowest BCUT2D eigenvalue weighted by Gasteiger charge is -2.05. The van der Waals surface area contributed by atoms with Crippen molar-refractivity contribution in [3.8, 4) is 0 Å². The van der Waals surface area contributed by atoms with Crippen LogP contribution in [0.1, 0.15) is 11.1 Å². The molecule has 3 heteroatoms. The molecule has 3 nitrogen and oxygen atoms in total. The monoisotopic (exact) mass is 216 g/mol. The Labute approximate surface area is 95.8 Å². The van der Waals surface area contributed by atoms with E-state index in [1.54, 1.807) is 25.1 Å². The van der Waals surface area contributed by atoms with Crippen LogP contribution < -0.4 is 5.32 Å². The fourth-order valence-electron chi connectivity index (χ4n) is 1.73. The number of benzene rings is 1. The third-order valence-corrected chi connectivity index (χ3v) is 2.70. The van der Waals surface area contributed by atoms with E-state index in [2.05, 4.69) is 17.4 Å². The summed E-state index contributed by atoms with van der Waals surface area (Å²) in [6.07, 6.45) is 4.54. The lowest BCUT2D eigenvalue weighted by Crippen LogP contribution is -2.18. The summed E-state index contributed by atoms with van der Waals surface area (Å²) in [6, 6.07) is 6.25. The molecule has 1 heterocycles. The van der Waals surface area contributed by atoms with Crippen molar-refractivity contribution in [1.82, 2.24) is 4.90 Å². The molecule has 0 radical (unpaired) electrons. The predicted molar refractivity (Wildman–Crippen MR) is 66.4 cm³/mol. The number of carbonyl (C=O) groups is 1. The molecular formula is C13H16N2O. The Bertz CT molecular complexity index is 436. The molecule has 84 valence electrons. The third kappa shape index (κ3) is 2.24. The summed E-state index contributed by atoms with van der Waals surface area (Å²) in [4.78, 5) is 12.9. The average Bonchev–Trinajstić information content (AvgIpc) is 2.72. The standard InChI is InChI=1S/C13H16N2O/c1-15(2)13(16)6-4-10-3-5-11-7-8-14-12(11)9-10/h3-6,9,14H,7-8H2,1-2H3. The van der Waals surface area contributed by atoms with E-state index in [0.29, 0.717) is 0 Å². The molecule has 1 aromatic carbocycles. The normalized spacial score (nSPS) is 13.6. The highest BCUT2D eigenvalue weighted by atomic mass is 16.2. The van der Waals surface area contributed by atoms with Crippen molar-refractivity contribution < 1.29 is 4.79 Å². The molecule has 0 aliphatic carbocycles. The summed E-state index contributed by atoms with van der Waals surface area (Å²) in [5.74, 6) is 0.00783. The number of amides is 1. The summed E-state index contributed by atoms with van der Waals surface area (Å²) in [5, 5.41) is 3.32. The molecule has 2 rings (SSSR count). The smallest absolute Gasteiger partial charge is 0.246 e. The van der Waals surface area contributed by atoms with Gasteiger partial charge in [-0.15, -0.1) is 0 Å². The van der Waals surface area contributed by atoms with Gasteiger partial charge < -0.3 is 10.2 Å². The number of hydrogen-bond acceptors (Lipinski definition) is 2. The van der Waals surface area contributed by atoms with Gasteiger partial charge in [-0.2, -0.15) is 0 Å². The highest BCUT2D eigenvalue weighted by Crippen LogP contribution is 2.23. The molecule has 0 saturated heterocycles. The van der Waals surface area contributed by atoms with Crippen LogP contribution in [0.5, 0.6) is 0 Å². The van der Waals surface area contributed by atoms with E-state index in [1.165, 1.54) is 11.3 Å². The predicted octanol–water partition coefficient (Wildman–Crippen LogP) is 1.76. The third-order valence-electron chi connectivity index (χ3n) is 2.70. The van der Waals surface area contributed by atoms with Crippen LogP contribution in [0.4, 0.5) is 5.69 Å². The van der Waals surface area contributed by atoms with E-state index < -0.39 is 0 Å². The van der Waals surface area contributed by atoms with Crippen LogP contribution in [0, 0.1) is 0 Å². The molecular weight excluding hydrogens is 200 g/mol. The van der Waals surface area contributed by atoms with E-state index in [-0.39, 0.29) is 5.91 Å². The molecule has 0 fully saturated rings. The van der Waals surface area contributed by atoms with E-state index >= 15 is 0 Å². The molecule has 16 heavy (non-hydrogen) atoms. The lowest BCUT2D eigenvalue weighted by atomic mass is 10.1. The molecule has 1 N–H and O–H groups in total. The zero-order valence-corrected chi connectivity index (χ0v) is 9.66. The zero-order chi connectivity index (χ0) is 11.5. The molecule has 1 aliphatic heterocycles. The van der Waals surface area contributed by atoms with Gasteiger partial charge in [0.25, 0.3) is 0 Å². The van der Waals surface area contributed by atoms with Crippen molar-refractivity contribution in [3.63, 3.8) is 0 Å². The molecule has 0 aromatic heterocycles. The summed E-state index contributed by atoms with van der Waals surface area (Å²) in [6.45, 7) is 1.01. The van der Waals surface area contributed by atoms with Crippen LogP contribution in [0.25, 0.3) is 6.08 Å². The minimum atomic E-state index is 0.00783. The lowest BCUT2D eigenvalue weighted by molar-refractivity contribution is -0.123. The minimum absolute atomic E-state index is 0.00783. The number of nitrogens with one attached hydrogen (secondary N) is 1. The van der Waals surface area contributed by atoms with Gasteiger partial charge in [0.1, 0.15) is 0 Å². The highest BCUT2D eigenvalue weighted by molar-refractivity contribution is 5.91. The number of likely N-dealkylation sites (N-methyl/N-ethyl adjacent to an activating group) is 1. The molecule has 0 unspecified atom stereocenters. The van der Waals surface area contributed by atoms with Crippen molar-refractivity contribution in [2.75, 3.05) is 26.0 Å². The van der Waals surface area contributed by atoms with Gasteiger partial charge >= 0.3 is 0 Å². The van der Waals surface area contributed by atoms with E-state index in [1.807, 2.05) is 12.1 Å². The molecule has 0 spiro atoms. The number of nitrogens with zero attached hydrogens (tertiary/aromatic N) is 1. The van der Waals surface area contributed by atoms with Crippen LogP contribution in [0.3, 0.4) is 0 Å². The van der Waals surface area contributed by atoms with Gasteiger partial charge in [-0.3, -0.25) is 4.79 Å². The van der Waals surface area contributed by atoms with Gasteiger partial charge in [0.2, 0.25) is 5.91 Å². The summed E-state index contributed by atoms with van der Waals surface area (Å²) in [5.41, 5.74) is 3.61. The van der Waals surface area contributed by atoms with Crippen molar-refractivity contribution in [1.29, 1.82) is 0 Å². The van der Waals surface area contributed by atoms with E-state index in [0.717, 1.165) is 18.5 Å². The molecule has 1 amide bonds. The Morgan fingerprint density at radius 1 is 1.44 bits per heavy atom. The van der Waals surface area contributed by atoms with Gasteiger partial charge in [0, 0.05) is 32.4 Å². The molecule has 0 bridgehead atoms. The second-order valence-electron chi connectivity index (χ2n) is 4.16. The summed E-state index contributed by atoms with van der Waals surface area (Å²) >= 11 is 0. The second kappa shape index (κ2) is 4.39. The largest absolute Gasteiger partial charge is 0.384 e. The van der Waals surface area contributed by atoms with Gasteiger partial charge in [-0.05, 0) is 29.7 Å². The first kappa shape index (κ1) is 10.7. The first-order valence-electron chi connectivity index (χ1n) is 5.43. The quantitative estimate of drug-likeness (QED) is 0.764. The summed E-state index contributed by atoms with van der Waals surface area (Å²) in [7, 11) is 3.49. The van der Waals surface area contributed by atoms with Gasteiger partial charge in [0.05, 0.1) is 0 Å². The summed E-state index contributed by atoms with van der Waals surface area (Å²) < 4.78 is 0. The fraction of sp³-hybridized carbons (Fsp3) is 0.308. The van der Waals surface area contributed by atoms with Crippen molar-refractivity contribution in [3.05, 3.63) is 35.4 Å². The first-order chi connectivity index (χ1) is 7.66. The highest BCUT2D eigenvalue weighted by Gasteiger charge is 2.08. The van der Waals surface area contributed by atoms with Crippen LogP contribution in [0.15, 0.2) is 24.3 Å². The van der Waals surface area contributed by atoms with Crippen LogP contribution in [-0.4, -0.2) is 31.4 Å². The minimum Gasteiger partial charge on any atom is -0.384 e. The number of fused-ring (bicyclic) bond motifs is 1. The van der Waals surface area contributed by atoms with Gasteiger partial charge in [0.15, 0.2) is 0 Å². The Kier molecular flexibility index (Phi) is 2.95. The van der Waals surface area contributed by atoms with E-state index in [9.17, 15) is 4.79 Å². The number of rotatable bonds is 2. The fourth-order valence-corrected chi connectivity index (χ4v) is 1.73. The molecule has 0 atom stereocenters. The Hall–Kier alpha value is -1.77. The SMILES string of the molecule is CN(C)C(=O)C=Cc1ccc2c(c1)NCC2. The van der Waals surface area contributed by atoms with Crippen LogP contribution in [0.2, 0.25) is 0 Å². The van der Waals surface area contributed by atoms with Gasteiger partial charge in [-0.1, -0.05) is 12.1 Å². The molecule has 1 aliphatic rings. The van der Waals surface area contributed by atoms with Crippen LogP contribution in [-0.2, 0) is 11.2 Å². The topological polar surface area (TPSA) is 32.3 Å². The molecule has 1 aromatic rings. The maximum Gasteiger partial charge on any atom is 0.246 e. The van der Waals surface area contributed by atoms with Crippen LogP contribution >= 0.6 is 0 Å². The maximum absolute atomic E-state index is 11.4.